The van der Waals surface area contributed by atoms with Gasteiger partial charge in [0.05, 0.1) is 9.83 Å². The molecule has 0 amide bonds. The van der Waals surface area contributed by atoms with Crippen LogP contribution in [0.3, 0.4) is 0 Å². The highest BCUT2D eigenvalue weighted by Gasteiger charge is 2.19. The molecule has 2 aromatic carbocycles. The van der Waals surface area contributed by atoms with E-state index in [2.05, 4.69) is 83.6 Å². The Kier molecular flexibility index (Phi) is 4.43. The summed E-state index contributed by atoms with van der Waals surface area (Å²) < 4.78 is 1.18. The van der Waals surface area contributed by atoms with E-state index in [1.54, 1.807) is 11.3 Å². The third-order valence-electron chi connectivity index (χ3n) is 3.76. The van der Waals surface area contributed by atoms with Gasteiger partial charge in [0, 0.05) is 4.88 Å². The average molecular weight is 360 g/mol. The standard InChI is InChI=1S/C18H18BrNS/c1-3-20-18(15-10-11-16(19)21-15)17-12(2)8-9-13-6-4-5-7-14(13)17/h4-11,18,20H,3H2,1-2H3. The first-order valence-electron chi connectivity index (χ1n) is 7.17. The van der Waals surface area contributed by atoms with Crippen molar-refractivity contribution in [3.63, 3.8) is 0 Å². The van der Waals surface area contributed by atoms with Crippen LogP contribution in [0.5, 0.6) is 0 Å². The smallest absolute Gasteiger partial charge is 0.0702 e. The highest BCUT2D eigenvalue weighted by molar-refractivity contribution is 9.11. The van der Waals surface area contributed by atoms with Crippen molar-refractivity contribution in [1.29, 1.82) is 0 Å². The quantitative estimate of drug-likeness (QED) is 0.632. The molecule has 0 saturated heterocycles. The van der Waals surface area contributed by atoms with Gasteiger partial charge in [0.15, 0.2) is 0 Å². The van der Waals surface area contributed by atoms with Crippen LogP contribution >= 0.6 is 27.3 Å². The van der Waals surface area contributed by atoms with Crippen molar-refractivity contribution in [3.8, 4) is 0 Å². The van der Waals surface area contributed by atoms with Crippen LogP contribution < -0.4 is 5.32 Å². The normalized spacial score (nSPS) is 12.7. The second kappa shape index (κ2) is 6.30. The van der Waals surface area contributed by atoms with E-state index in [9.17, 15) is 0 Å². The zero-order valence-electron chi connectivity index (χ0n) is 12.2. The van der Waals surface area contributed by atoms with Crippen molar-refractivity contribution in [1.82, 2.24) is 5.32 Å². The van der Waals surface area contributed by atoms with Crippen molar-refractivity contribution in [2.45, 2.75) is 19.9 Å². The van der Waals surface area contributed by atoms with E-state index in [0.717, 1.165) is 6.54 Å². The summed E-state index contributed by atoms with van der Waals surface area (Å²) in [6.07, 6.45) is 0. The molecule has 1 nitrogen and oxygen atoms in total. The van der Waals surface area contributed by atoms with E-state index in [1.807, 2.05) is 0 Å². The molecular formula is C18H18BrNS. The molecule has 1 unspecified atom stereocenters. The molecule has 0 fully saturated rings. The van der Waals surface area contributed by atoms with Crippen molar-refractivity contribution in [2.75, 3.05) is 6.54 Å². The van der Waals surface area contributed by atoms with Crippen LogP contribution in [0.2, 0.25) is 0 Å². The minimum Gasteiger partial charge on any atom is -0.306 e. The molecule has 3 aromatic rings. The molecule has 3 rings (SSSR count). The van der Waals surface area contributed by atoms with Gasteiger partial charge in [-0.25, -0.2) is 0 Å². The van der Waals surface area contributed by atoms with Gasteiger partial charge in [0.25, 0.3) is 0 Å². The van der Waals surface area contributed by atoms with Crippen LogP contribution in [-0.2, 0) is 0 Å². The number of hydrogen-bond donors (Lipinski definition) is 1. The van der Waals surface area contributed by atoms with Gasteiger partial charge in [0.2, 0.25) is 0 Å². The maximum absolute atomic E-state index is 3.65. The molecule has 3 heteroatoms. The Morgan fingerprint density at radius 3 is 2.62 bits per heavy atom. The van der Waals surface area contributed by atoms with Gasteiger partial charge in [0.1, 0.15) is 0 Å². The Morgan fingerprint density at radius 1 is 1.10 bits per heavy atom. The first-order valence-corrected chi connectivity index (χ1v) is 8.78. The molecule has 108 valence electrons. The molecule has 0 aliphatic carbocycles. The summed E-state index contributed by atoms with van der Waals surface area (Å²) >= 11 is 5.39. The van der Waals surface area contributed by atoms with E-state index >= 15 is 0 Å². The number of nitrogens with one attached hydrogen (secondary N) is 1. The van der Waals surface area contributed by atoms with Gasteiger partial charge in [-0.1, -0.05) is 43.3 Å². The Labute approximate surface area is 138 Å². The summed E-state index contributed by atoms with van der Waals surface area (Å²) in [4.78, 5) is 1.35. The lowest BCUT2D eigenvalue weighted by Gasteiger charge is -2.21. The molecule has 0 radical (unpaired) electrons. The second-order valence-corrected chi connectivity index (χ2v) is 7.64. The van der Waals surface area contributed by atoms with Gasteiger partial charge < -0.3 is 5.32 Å². The van der Waals surface area contributed by atoms with E-state index in [1.165, 1.54) is 30.6 Å². The summed E-state index contributed by atoms with van der Waals surface area (Å²) in [7, 11) is 0. The van der Waals surface area contributed by atoms with Crippen LogP contribution in [0.1, 0.15) is 29.0 Å². The number of halogens is 1. The largest absolute Gasteiger partial charge is 0.306 e. The number of thiophene rings is 1. The maximum Gasteiger partial charge on any atom is 0.0702 e. The summed E-state index contributed by atoms with van der Waals surface area (Å²) in [5.41, 5.74) is 2.73. The lowest BCUT2D eigenvalue weighted by Crippen LogP contribution is -2.22. The van der Waals surface area contributed by atoms with Crippen LogP contribution in [0.15, 0.2) is 52.3 Å². The van der Waals surface area contributed by atoms with Gasteiger partial charge in [-0.3, -0.25) is 0 Å². The number of hydrogen-bond acceptors (Lipinski definition) is 2. The lowest BCUT2D eigenvalue weighted by atomic mass is 9.93. The monoisotopic (exact) mass is 359 g/mol. The minimum absolute atomic E-state index is 0.248. The second-order valence-electron chi connectivity index (χ2n) is 5.15. The summed E-state index contributed by atoms with van der Waals surface area (Å²) in [6.45, 7) is 5.31. The summed E-state index contributed by atoms with van der Waals surface area (Å²) in [5, 5.41) is 6.29. The predicted octanol–water partition coefficient (Wildman–Crippen LogP) is 5.67. The number of aryl methyl sites for hydroxylation is 1. The molecule has 1 N–H and O–H groups in total. The Bertz CT molecular complexity index is 763. The highest BCUT2D eigenvalue weighted by Crippen LogP contribution is 2.36. The molecule has 0 bridgehead atoms. The topological polar surface area (TPSA) is 12.0 Å². The SMILES string of the molecule is CCNC(c1ccc(Br)s1)c1c(C)ccc2ccccc12. The fourth-order valence-electron chi connectivity index (χ4n) is 2.82. The average Bonchev–Trinajstić information content (AvgIpc) is 2.92. The number of benzene rings is 2. The van der Waals surface area contributed by atoms with E-state index in [4.69, 9.17) is 0 Å². The van der Waals surface area contributed by atoms with Gasteiger partial charge in [-0.2, -0.15) is 0 Å². The van der Waals surface area contributed by atoms with Crippen LogP contribution in [0.4, 0.5) is 0 Å². The van der Waals surface area contributed by atoms with Crippen molar-refractivity contribution in [2.24, 2.45) is 0 Å². The van der Waals surface area contributed by atoms with Gasteiger partial charge in [-0.15, -0.1) is 11.3 Å². The molecular weight excluding hydrogens is 342 g/mol. The molecule has 1 aromatic heterocycles. The Balaban J connectivity index is 2.21. The lowest BCUT2D eigenvalue weighted by molar-refractivity contribution is 0.640. The maximum atomic E-state index is 3.65. The fourth-order valence-corrected chi connectivity index (χ4v) is 4.33. The molecule has 0 aliphatic rings. The third kappa shape index (κ3) is 2.91. The predicted molar refractivity (Wildman–Crippen MR) is 96.2 cm³/mol. The molecule has 1 heterocycles. The van der Waals surface area contributed by atoms with E-state index < -0.39 is 0 Å². The Hall–Kier alpha value is -1.16. The zero-order chi connectivity index (χ0) is 14.8. The molecule has 0 spiro atoms. The summed E-state index contributed by atoms with van der Waals surface area (Å²) in [6, 6.07) is 17.7. The first-order chi connectivity index (χ1) is 10.2. The molecule has 0 aliphatic heterocycles. The van der Waals surface area contributed by atoms with E-state index in [-0.39, 0.29) is 6.04 Å². The van der Waals surface area contributed by atoms with Gasteiger partial charge in [-0.05, 0) is 63.4 Å². The van der Waals surface area contributed by atoms with Crippen LogP contribution in [0, 0.1) is 6.92 Å². The van der Waals surface area contributed by atoms with Crippen molar-refractivity contribution >= 4 is 38.0 Å². The van der Waals surface area contributed by atoms with Gasteiger partial charge >= 0.3 is 0 Å². The van der Waals surface area contributed by atoms with Crippen LogP contribution in [-0.4, -0.2) is 6.54 Å². The van der Waals surface area contributed by atoms with Crippen LogP contribution in [0.25, 0.3) is 10.8 Å². The molecule has 0 saturated carbocycles. The third-order valence-corrected chi connectivity index (χ3v) is 5.45. The number of fused-ring (bicyclic) bond motifs is 1. The first kappa shape index (κ1) is 14.8. The molecule has 1 atom stereocenters. The zero-order valence-corrected chi connectivity index (χ0v) is 14.6. The molecule has 21 heavy (non-hydrogen) atoms. The highest BCUT2D eigenvalue weighted by atomic mass is 79.9. The fraction of sp³-hybridized carbons (Fsp3) is 0.222. The Morgan fingerprint density at radius 2 is 1.90 bits per heavy atom. The van der Waals surface area contributed by atoms with Crippen molar-refractivity contribution < 1.29 is 0 Å². The summed E-state index contributed by atoms with van der Waals surface area (Å²) in [5.74, 6) is 0. The minimum atomic E-state index is 0.248. The number of rotatable bonds is 4. The van der Waals surface area contributed by atoms with E-state index in [0.29, 0.717) is 0 Å². The van der Waals surface area contributed by atoms with Crippen molar-refractivity contribution in [3.05, 3.63) is 68.3 Å².